The summed E-state index contributed by atoms with van der Waals surface area (Å²) in [5, 5.41) is 3.02. The number of benzene rings is 1. The third kappa shape index (κ3) is 3.43. The van der Waals surface area contributed by atoms with Gasteiger partial charge in [-0.25, -0.2) is 9.37 Å². The molecule has 0 saturated carbocycles. The number of halogens is 3. The van der Waals surface area contributed by atoms with Crippen LogP contribution in [0.1, 0.15) is 5.56 Å². The quantitative estimate of drug-likeness (QED) is 0.904. The predicted octanol–water partition coefficient (Wildman–Crippen LogP) is 4.15. The van der Waals surface area contributed by atoms with Gasteiger partial charge in [-0.15, -0.1) is 0 Å². The highest BCUT2D eigenvalue weighted by Gasteiger charge is 2.12. The lowest BCUT2D eigenvalue weighted by Crippen LogP contribution is -2.07. The molecule has 6 heteroatoms. The van der Waals surface area contributed by atoms with Gasteiger partial charge in [0.05, 0.1) is 5.02 Å². The highest BCUT2D eigenvalue weighted by Crippen LogP contribution is 2.30. The highest BCUT2D eigenvalue weighted by molar-refractivity contribution is 9.10. The topological polar surface area (TPSA) is 34.2 Å². The van der Waals surface area contributed by atoms with E-state index < -0.39 is 5.82 Å². The van der Waals surface area contributed by atoms with Crippen molar-refractivity contribution in [3.05, 3.63) is 51.3 Å². The molecule has 0 unspecified atom stereocenters. The summed E-state index contributed by atoms with van der Waals surface area (Å²) in [5.41, 5.74) is 0.816. The Balaban J connectivity index is 2.35. The summed E-state index contributed by atoms with van der Waals surface area (Å²) >= 11 is 9.05. The van der Waals surface area contributed by atoms with Crippen LogP contribution in [0, 0.1) is 5.82 Å². The smallest absolute Gasteiger partial charge is 0.223 e. The van der Waals surface area contributed by atoms with Gasteiger partial charge in [-0.1, -0.05) is 17.7 Å². The maximum Gasteiger partial charge on any atom is 0.223 e. The fourth-order valence-corrected chi connectivity index (χ4v) is 2.09. The summed E-state index contributed by atoms with van der Waals surface area (Å²) in [5.74, 6) is -0.192. The van der Waals surface area contributed by atoms with Crippen LogP contribution in [0.5, 0.6) is 11.6 Å². The average molecular weight is 346 g/mol. The second kappa shape index (κ2) is 6.32. The van der Waals surface area contributed by atoms with Gasteiger partial charge in [0.15, 0.2) is 11.6 Å². The molecule has 0 aliphatic rings. The molecular weight excluding hydrogens is 335 g/mol. The molecule has 19 heavy (non-hydrogen) atoms. The predicted molar refractivity (Wildman–Crippen MR) is 76.2 cm³/mol. The van der Waals surface area contributed by atoms with Crippen molar-refractivity contribution in [1.29, 1.82) is 0 Å². The molecule has 1 heterocycles. The maximum atomic E-state index is 13.8. The minimum absolute atomic E-state index is 0.0183. The van der Waals surface area contributed by atoms with Gasteiger partial charge >= 0.3 is 0 Å². The SMILES string of the molecule is CNCc1cc(Br)cnc1Oc1cccc(Cl)c1F. The van der Waals surface area contributed by atoms with Crippen LogP contribution in [0.15, 0.2) is 34.9 Å². The molecule has 2 aromatic rings. The summed E-state index contributed by atoms with van der Waals surface area (Å²) in [6.07, 6.45) is 1.59. The fraction of sp³-hybridized carbons (Fsp3) is 0.154. The zero-order valence-corrected chi connectivity index (χ0v) is 12.4. The normalized spacial score (nSPS) is 10.5. The van der Waals surface area contributed by atoms with Crippen molar-refractivity contribution in [1.82, 2.24) is 10.3 Å². The minimum Gasteiger partial charge on any atom is -0.436 e. The Hall–Kier alpha value is -1.17. The first kappa shape index (κ1) is 14.2. The van der Waals surface area contributed by atoms with Gasteiger partial charge in [0.1, 0.15) is 0 Å². The number of aromatic nitrogens is 1. The zero-order valence-electron chi connectivity index (χ0n) is 10.1. The molecule has 2 rings (SSSR count). The van der Waals surface area contributed by atoms with E-state index in [1.165, 1.54) is 12.1 Å². The lowest BCUT2D eigenvalue weighted by molar-refractivity contribution is 0.421. The number of hydrogen-bond donors (Lipinski definition) is 1. The van der Waals surface area contributed by atoms with E-state index in [2.05, 4.69) is 26.2 Å². The van der Waals surface area contributed by atoms with Crippen molar-refractivity contribution in [2.45, 2.75) is 6.54 Å². The van der Waals surface area contributed by atoms with Crippen LogP contribution in [0.3, 0.4) is 0 Å². The number of nitrogens with one attached hydrogen (secondary N) is 1. The Morgan fingerprint density at radius 3 is 3.00 bits per heavy atom. The number of hydrogen-bond acceptors (Lipinski definition) is 3. The van der Waals surface area contributed by atoms with Crippen molar-refractivity contribution in [3.8, 4) is 11.6 Å². The molecule has 0 atom stereocenters. The Bertz CT molecular complexity index is 595. The van der Waals surface area contributed by atoms with E-state index >= 15 is 0 Å². The van der Waals surface area contributed by atoms with Crippen LogP contribution in [0.25, 0.3) is 0 Å². The molecule has 3 nitrogen and oxygen atoms in total. The first-order chi connectivity index (χ1) is 9.11. The van der Waals surface area contributed by atoms with Crippen molar-refractivity contribution in [3.63, 3.8) is 0 Å². The Morgan fingerprint density at radius 2 is 2.26 bits per heavy atom. The molecule has 0 radical (unpaired) electrons. The third-order valence-electron chi connectivity index (χ3n) is 2.38. The monoisotopic (exact) mass is 344 g/mol. The number of rotatable bonds is 4. The standard InChI is InChI=1S/C13H11BrClFN2O/c1-17-6-8-5-9(14)7-18-13(8)19-11-4-2-3-10(15)12(11)16/h2-5,7,17H,6H2,1H3. The maximum absolute atomic E-state index is 13.8. The van der Waals surface area contributed by atoms with Crippen molar-refractivity contribution in [2.75, 3.05) is 7.05 Å². The molecular formula is C13H11BrClFN2O. The lowest BCUT2D eigenvalue weighted by Gasteiger charge is -2.11. The summed E-state index contributed by atoms with van der Waals surface area (Å²) in [7, 11) is 1.81. The van der Waals surface area contributed by atoms with Crippen LogP contribution in [-0.2, 0) is 6.54 Å². The van der Waals surface area contributed by atoms with E-state index in [9.17, 15) is 4.39 Å². The summed E-state index contributed by atoms with van der Waals surface area (Å²) in [6, 6.07) is 6.46. The van der Waals surface area contributed by atoms with Gasteiger partial charge in [-0.3, -0.25) is 0 Å². The molecule has 0 spiro atoms. The molecule has 1 aromatic carbocycles. The van der Waals surface area contributed by atoms with Gasteiger partial charge in [0.25, 0.3) is 0 Å². The molecule has 100 valence electrons. The zero-order chi connectivity index (χ0) is 13.8. The second-order valence-electron chi connectivity index (χ2n) is 3.80. The summed E-state index contributed by atoms with van der Waals surface area (Å²) in [4.78, 5) is 4.14. The second-order valence-corrected chi connectivity index (χ2v) is 5.13. The fourth-order valence-electron chi connectivity index (χ4n) is 1.54. The average Bonchev–Trinajstić information content (AvgIpc) is 2.38. The van der Waals surface area contributed by atoms with Gasteiger partial charge in [-0.05, 0) is 41.2 Å². The van der Waals surface area contributed by atoms with E-state index in [1.807, 2.05) is 13.1 Å². The Labute approximate surface area is 123 Å². The number of nitrogens with zero attached hydrogens (tertiary/aromatic N) is 1. The first-order valence-electron chi connectivity index (χ1n) is 5.52. The van der Waals surface area contributed by atoms with Crippen LogP contribution >= 0.6 is 27.5 Å². The Kier molecular flexibility index (Phi) is 4.74. The van der Waals surface area contributed by atoms with Gasteiger partial charge in [0, 0.05) is 22.8 Å². The molecule has 0 aliphatic heterocycles. The third-order valence-corrected chi connectivity index (χ3v) is 3.11. The largest absolute Gasteiger partial charge is 0.436 e. The van der Waals surface area contributed by atoms with Crippen LogP contribution in [0.4, 0.5) is 4.39 Å². The molecule has 0 fully saturated rings. The molecule has 0 saturated heterocycles. The van der Waals surface area contributed by atoms with Crippen LogP contribution in [0.2, 0.25) is 5.02 Å². The van der Waals surface area contributed by atoms with Crippen LogP contribution < -0.4 is 10.1 Å². The van der Waals surface area contributed by atoms with Gasteiger partial charge in [0.2, 0.25) is 5.88 Å². The van der Waals surface area contributed by atoms with Crippen molar-refractivity contribution >= 4 is 27.5 Å². The van der Waals surface area contributed by atoms with E-state index in [0.29, 0.717) is 12.4 Å². The molecule has 1 N–H and O–H groups in total. The van der Waals surface area contributed by atoms with Gasteiger partial charge < -0.3 is 10.1 Å². The van der Waals surface area contributed by atoms with Crippen LogP contribution in [-0.4, -0.2) is 12.0 Å². The highest BCUT2D eigenvalue weighted by atomic mass is 79.9. The first-order valence-corrected chi connectivity index (χ1v) is 6.70. The molecule has 0 aliphatic carbocycles. The van der Waals surface area contributed by atoms with E-state index in [1.54, 1.807) is 12.3 Å². The summed E-state index contributed by atoms with van der Waals surface area (Å²) < 4.78 is 20.1. The van der Waals surface area contributed by atoms with Crippen molar-refractivity contribution < 1.29 is 9.13 Å². The minimum atomic E-state index is -0.593. The Morgan fingerprint density at radius 1 is 1.47 bits per heavy atom. The van der Waals surface area contributed by atoms with E-state index in [4.69, 9.17) is 16.3 Å². The number of ether oxygens (including phenoxy) is 1. The molecule has 0 bridgehead atoms. The van der Waals surface area contributed by atoms with Gasteiger partial charge in [-0.2, -0.15) is 0 Å². The van der Waals surface area contributed by atoms with E-state index in [-0.39, 0.29) is 10.8 Å². The number of pyridine rings is 1. The molecule has 0 amide bonds. The summed E-state index contributed by atoms with van der Waals surface area (Å²) in [6.45, 7) is 0.559. The molecule has 1 aromatic heterocycles. The van der Waals surface area contributed by atoms with Crippen molar-refractivity contribution in [2.24, 2.45) is 0 Å². The lowest BCUT2D eigenvalue weighted by atomic mass is 10.2. The van der Waals surface area contributed by atoms with E-state index in [0.717, 1.165) is 10.0 Å².